The standard InChI is InChI=1S/C16H16F3NO2/c1-3-5-9-8-12(20)13(14(9)21)10-6-4-7-11(15(10)22-2)16(17,18)19/h3-4,6-7,9H,1,5,8,20H2,2H3. The Balaban J connectivity index is 2.56. The Morgan fingerprint density at radius 1 is 1.45 bits per heavy atom. The third-order valence-electron chi connectivity index (χ3n) is 3.65. The fourth-order valence-corrected chi connectivity index (χ4v) is 2.70. The van der Waals surface area contributed by atoms with Crippen LogP contribution in [0.15, 0.2) is 36.6 Å². The molecule has 6 heteroatoms. The van der Waals surface area contributed by atoms with E-state index < -0.39 is 11.7 Å². The van der Waals surface area contributed by atoms with Gasteiger partial charge in [0.25, 0.3) is 0 Å². The molecule has 1 atom stereocenters. The Bertz CT molecular complexity index is 647. The van der Waals surface area contributed by atoms with Gasteiger partial charge in [-0.15, -0.1) is 6.58 Å². The molecule has 0 aliphatic heterocycles. The van der Waals surface area contributed by atoms with Gasteiger partial charge in [-0.05, 0) is 18.9 Å². The first-order chi connectivity index (χ1) is 10.3. The summed E-state index contributed by atoms with van der Waals surface area (Å²) < 4.78 is 44.1. The van der Waals surface area contributed by atoms with Crippen LogP contribution in [0.5, 0.6) is 5.75 Å². The van der Waals surface area contributed by atoms with E-state index in [-0.39, 0.29) is 34.3 Å². The van der Waals surface area contributed by atoms with Gasteiger partial charge in [-0.3, -0.25) is 4.79 Å². The molecule has 0 aromatic heterocycles. The van der Waals surface area contributed by atoms with Gasteiger partial charge in [-0.1, -0.05) is 18.2 Å². The van der Waals surface area contributed by atoms with Gasteiger partial charge in [0.2, 0.25) is 0 Å². The van der Waals surface area contributed by atoms with Gasteiger partial charge in [-0.25, -0.2) is 0 Å². The quantitative estimate of drug-likeness (QED) is 0.865. The van der Waals surface area contributed by atoms with Crippen molar-refractivity contribution < 1.29 is 22.7 Å². The SMILES string of the molecule is C=CCC1CC(N)=C(c2cccc(C(F)(F)F)c2OC)C1=O. The Morgan fingerprint density at radius 2 is 2.14 bits per heavy atom. The lowest BCUT2D eigenvalue weighted by Crippen LogP contribution is -2.12. The number of Topliss-reactive ketones (excluding diaryl/α,β-unsaturated/α-hetero) is 1. The number of para-hydroxylation sites is 1. The van der Waals surface area contributed by atoms with Crippen LogP contribution in [0, 0.1) is 5.92 Å². The number of hydrogen-bond donors (Lipinski definition) is 1. The molecule has 0 spiro atoms. The highest BCUT2D eigenvalue weighted by molar-refractivity contribution is 6.25. The van der Waals surface area contributed by atoms with Crippen molar-refractivity contribution >= 4 is 11.4 Å². The number of carbonyl (C=O) groups excluding carboxylic acids is 1. The lowest BCUT2D eigenvalue weighted by atomic mass is 9.95. The fraction of sp³-hybridized carbons (Fsp3) is 0.312. The number of alkyl halides is 3. The van der Waals surface area contributed by atoms with Crippen LogP contribution in [0.3, 0.4) is 0 Å². The average molecular weight is 311 g/mol. The molecule has 3 nitrogen and oxygen atoms in total. The highest BCUT2D eigenvalue weighted by Gasteiger charge is 2.38. The number of ether oxygens (including phenoxy) is 1. The van der Waals surface area contributed by atoms with E-state index in [0.29, 0.717) is 12.8 Å². The van der Waals surface area contributed by atoms with Gasteiger partial charge in [0.1, 0.15) is 5.75 Å². The van der Waals surface area contributed by atoms with E-state index in [9.17, 15) is 18.0 Å². The molecular formula is C16H16F3NO2. The number of nitrogens with two attached hydrogens (primary N) is 1. The van der Waals surface area contributed by atoms with E-state index in [1.165, 1.54) is 12.1 Å². The van der Waals surface area contributed by atoms with Crippen molar-refractivity contribution in [1.29, 1.82) is 0 Å². The fourth-order valence-electron chi connectivity index (χ4n) is 2.70. The molecule has 1 aromatic carbocycles. The smallest absolute Gasteiger partial charge is 0.419 e. The van der Waals surface area contributed by atoms with Crippen LogP contribution in [0.25, 0.3) is 5.57 Å². The van der Waals surface area contributed by atoms with Crippen LogP contribution in [-0.4, -0.2) is 12.9 Å². The Hall–Kier alpha value is -2.24. The number of methoxy groups -OCH3 is 1. The van der Waals surface area contributed by atoms with E-state index in [0.717, 1.165) is 13.2 Å². The van der Waals surface area contributed by atoms with Gasteiger partial charge in [0, 0.05) is 22.8 Å². The largest absolute Gasteiger partial charge is 0.495 e. The van der Waals surface area contributed by atoms with Crippen molar-refractivity contribution in [2.75, 3.05) is 7.11 Å². The number of ketones is 1. The van der Waals surface area contributed by atoms with Crippen LogP contribution in [-0.2, 0) is 11.0 Å². The molecular weight excluding hydrogens is 295 g/mol. The highest BCUT2D eigenvalue weighted by Crippen LogP contribution is 2.43. The zero-order chi connectivity index (χ0) is 16.5. The summed E-state index contributed by atoms with van der Waals surface area (Å²) in [4.78, 5) is 12.4. The topological polar surface area (TPSA) is 52.3 Å². The summed E-state index contributed by atoms with van der Waals surface area (Å²) in [5.74, 6) is -1.01. The van der Waals surface area contributed by atoms with Gasteiger partial charge in [-0.2, -0.15) is 13.2 Å². The van der Waals surface area contributed by atoms with E-state index >= 15 is 0 Å². The zero-order valence-electron chi connectivity index (χ0n) is 12.0. The lowest BCUT2D eigenvalue weighted by Gasteiger charge is -2.16. The van der Waals surface area contributed by atoms with Crippen LogP contribution in [0.1, 0.15) is 24.0 Å². The second kappa shape index (κ2) is 5.87. The third kappa shape index (κ3) is 2.73. The van der Waals surface area contributed by atoms with Gasteiger partial charge in [0.15, 0.2) is 5.78 Å². The molecule has 22 heavy (non-hydrogen) atoms. The van der Waals surface area contributed by atoms with E-state index in [1.54, 1.807) is 6.08 Å². The minimum atomic E-state index is -4.57. The molecule has 0 saturated carbocycles. The first kappa shape index (κ1) is 16.1. The second-order valence-electron chi connectivity index (χ2n) is 5.07. The number of allylic oxidation sites excluding steroid dienone is 3. The van der Waals surface area contributed by atoms with Crippen molar-refractivity contribution in [2.24, 2.45) is 11.7 Å². The summed E-state index contributed by atoms with van der Waals surface area (Å²) in [6, 6.07) is 3.58. The van der Waals surface area contributed by atoms with E-state index in [4.69, 9.17) is 10.5 Å². The molecule has 0 heterocycles. The minimum absolute atomic E-state index is 0.0892. The molecule has 118 valence electrons. The molecule has 1 aliphatic carbocycles. The Labute approximate surface area is 126 Å². The number of hydrogen-bond acceptors (Lipinski definition) is 3. The molecule has 2 rings (SSSR count). The van der Waals surface area contributed by atoms with Crippen molar-refractivity contribution in [1.82, 2.24) is 0 Å². The third-order valence-corrected chi connectivity index (χ3v) is 3.65. The van der Waals surface area contributed by atoms with Crippen LogP contribution in [0.2, 0.25) is 0 Å². The summed E-state index contributed by atoms with van der Waals surface area (Å²) in [6.07, 6.45) is -2.22. The summed E-state index contributed by atoms with van der Waals surface area (Å²) in [5, 5.41) is 0. The predicted octanol–water partition coefficient (Wildman–Crippen LogP) is 3.55. The molecule has 2 N–H and O–H groups in total. The maximum Gasteiger partial charge on any atom is 0.419 e. The normalized spacial score (nSPS) is 18.7. The Kier molecular flexibility index (Phi) is 4.30. The molecule has 1 aliphatic rings. The van der Waals surface area contributed by atoms with Crippen molar-refractivity contribution in [3.05, 3.63) is 47.7 Å². The van der Waals surface area contributed by atoms with Crippen molar-refractivity contribution in [2.45, 2.75) is 19.0 Å². The minimum Gasteiger partial charge on any atom is -0.495 e. The number of benzene rings is 1. The van der Waals surface area contributed by atoms with E-state index in [1.807, 2.05) is 0 Å². The first-order valence-corrected chi connectivity index (χ1v) is 6.69. The first-order valence-electron chi connectivity index (χ1n) is 6.69. The Morgan fingerprint density at radius 3 is 2.68 bits per heavy atom. The molecule has 0 bridgehead atoms. The number of rotatable bonds is 4. The predicted molar refractivity (Wildman–Crippen MR) is 77.0 cm³/mol. The van der Waals surface area contributed by atoms with Gasteiger partial charge >= 0.3 is 6.18 Å². The van der Waals surface area contributed by atoms with Crippen LogP contribution in [0.4, 0.5) is 13.2 Å². The number of halogens is 3. The summed E-state index contributed by atoms with van der Waals surface area (Å²) in [6.45, 7) is 3.58. The van der Waals surface area contributed by atoms with Crippen LogP contribution >= 0.6 is 0 Å². The summed E-state index contributed by atoms with van der Waals surface area (Å²) >= 11 is 0. The second-order valence-corrected chi connectivity index (χ2v) is 5.07. The zero-order valence-corrected chi connectivity index (χ0v) is 12.0. The van der Waals surface area contributed by atoms with Crippen molar-refractivity contribution in [3.63, 3.8) is 0 Å². The summed E-state index contributed by atoms with van der Waals surface area (Å²) in [7, 11) is 1.14. The van der Waals surface area contributed by atoms with Gasteiger partial charge in [0.05, 0.1) is 12.7 Å². The molecule has 0 radical (unpaired) electrons. The highest BCUT2D eigenvalue weighted by atomic mass is 19.4. The molecule has 0 fully saturated rings. The maximum absolute atomic E-state index is 13.1. The summed E-state index contributed by atoms with van der Waals surface area (Å²) in [5.41, 5.74) is 5.47. The molecule has 0 amide bonds. The van der Waals surface area contributed by atoms with Crippen molar-refractivity contribution in [3.8, 4) is 5.75 Å². The van der Waals surface area contributed by atoms with Crippen LogP contribution < -0.4 is 10.5 Å². The maximum atomic E-state index is 13.1. The molecule has 0 saturated heterocycles. The molecule has 1 unspecified atom stereocenters. The molecule has 1 aromatic rings. The lowest BCUT2D eigenvalue weighted by molar-refractivity contribution is -0.138. The van der Waals surface area contributed by atoms with Gasteiger partial charge < -0.3 is 10.5 Å². The van der Waals surface area contributed by atoms with E-state index in [2.05, 4.69) is 6.58 Å². The average Bonchev–Trinajstić information content (AvgIpc) is 2.72. The number of carbonyl (C=O) groups is 1. The monoisotopic (exact) mass is 311 g/mol.